The van der Waals surface area contributed by atoms with E-state index in [2.05, 4.69) is 15.5 Å². The number of hydrogen-bond acceptors (Lipinski definition) is 5. The third-order valence-corrected chi connectivity index (χ3v) is 2.98. The molecule has 0 amide bonds. The van der Waals surface area contributed by atoms with Crippen molar-refractivity contribution in [3.8, 4) is 17.2 Å². The largest absolute Gasteiger partial charge is 0.508 e. The lowest BCUT2D eigenvalue weighted by Crippen LogP contribution is -1.89. The highest BCUT2D eigenvalue weighted by Gasteiger charge is 2.11. The SMILES string of the molecule is Oc1ccc(Nc2nnc(-c3ccccc3Cl)o2)cc1. The third-order valence-electron chi connectivity index (χ3n) is 2.65. The number of aromatic hydroxyl groups is 1. The molecule has 0 spiro atoms. The second kappa shape index (κ2) is 5.22. The molecule has 0 aliphatic rings. The summed E-state index contributed by atoms with van der Waals surface area (Å²) in [6, 6.07) is 14.0. The smallest absolute Gasteiger partial charge is 0.320 e. The molecule has 0 saturated carbocycles. The molecular formula is C14H10ClN3O2. The van der Waals surface area contributed by atoms with Crippen LogP contribution in [0, 0.1) is 0 Å². The number of nitrogens with zero attached hydrogens (tertiary/aromatic N) is 2. The normalized spacial score (nSPS) is 10.4. The fourth-order valence-corrected chi connectivity index (χ4v) is 1.90. The molecule has 0 aliphatic heterocycles. The Bertz CT molecular complexity index is 725. The Hall–Kier alpha value is -2.53. The quantitative estimate of drug-likeness (QED) is 0.716. The molecule has 3 rings (SSSR count). The number of hydrogen-bond donors (Lipinski definition) is 2. The van der Waals surface area contributed by atoms with Gasteiger partial charge in [0.2, 0.25) is 0 Å². The predicted octanol–water partition coefficient (Wildman–Crippen LogP) is 3.84. The third kappa shape index (κ3) is 2.57. The van der Waals surface area contributed by atoms with Gasteiger partial charge in [-0.3, -0.25) is 0 Å². The van der Waals surface area contributed by atoms with Gasteiger partial charge in [-0.25, -0.2) is 0 Å². The van der Waals surface area contributed by atoms with Crippen molar-refractivity contribution in [3.05, 3.63) is 53.6 Å². The van der Waals surface area contributed by atoms with Crippen molar-refractivity contribution in [1.29, 1.82) is 0 Å². The van der Waals surface area contributed by atoms with Crippen molar-refractivity contribution in [2.75, 3.05) is 5.32 Å². The molecule has 0 fully saturated rings. The van der Waals surface area contributed by atoms with Gasteiger partial charge in [-0.2, -0.15) is 0 Å². The number of rotatable bonds is 3. The van der Waals surface area contributed by atoms with Crippen molar-refractivity contribution < 1.29 is 9.52 Å². The van der Waals surface area contributed by atoms with Crippen LogP contribution < -0.4 is 5.32 Å². The topological polar surface area (TPSA) is 71.2 Å². The van der Waals surface area contributed by atoms with E-state index in [0.29, 0.717) is 16.5 Å². The van der Waals surface area contributed by atoms with Gasteiger partial charge in [0, 0.05) is 5.69 Å². The zero-order valence-electron chi connectivity index (χ0n) is 10.2. The van der Waals surface area contributed by atoms with Crippen LogP contribution in [0.1, 0.15) is 0 Å². The van der Waals surface area contributed by atoms with Crippen LogP contribution in [-0.2, 0) is 0 Å². The molecule has 0 atom stereocenters. The van der Waals surface area contributed by atoms with Crippen LogP contribution in [0.5, 0.6) is 5.75 Å². The van der Waals surface area contributed by atoms with Crippen molar-refractivity contribution >= 4 is 23.3 Å². The van der Waals surface area contributed by atoms with E-state index in [4.69, 9.17) is 16.0 Å². The summed E-state index contributed by atoms with van der Waals surface area (Å²) >= 11 is 6.07. The Balaban J connectivity index is 1.84. The number of halogens is 1. The lowest BCUT2D eigenvalue weighted by molar-refractivity contribution is 0.475. The van der Waals surface area contributed by atoms with E-state index < -0.39 is 0 Å². The summed E-state index contributed by atoms with van der Waals surface area (Å²) in [5.41, 5.74) is 1.41. The molecule has 0 aliphatic carbocycles. The van der Waals surface area contributed by atoms with Gasteiger partial charge in [0.05, 0.1) is 10.6 Å². The van der Waals surface area contributed by atoms with Crippen molar-refractivity contribution in [3.63, 3.8) is 0 Å². The molecule has 100 valence electrons. The predicted molar refractivity (Wildman–Crippen MR) is 76.1 cm³/mol. The van der Waals surface area contributed by atoms with Crippen molar-refractivity contribution in [2.45, 2.75) is 0 Å². The van der Waals surface area contributed by atoms with E-state index in [1.165, 1.54) is 0 Å². The van der Waals surface area contributed by atoms with E-state index in [1.54, 1.807) is 36.4 Å². The van der Waals surface area contributed by atoms with Crippen molar-refractivity contribution in [2.24, 2.45) is 0 Å². The lowest BCUT2D eigenvalue weighted by atomic mass is 10.2. The van der Waals surface area contributed by atoms with Crippen LogP contribution in [-0.4, -0.2) is 15.3 Å². The average Bonchev–Trinajstić information content (AvgIpc) is 2.90. The maximum Gasteiger partial charge on any atom is 0.320 e. The molecule has 20 heavy (non-hydrogen) atoms. The maximum absolute atomic E-state index is 9.21. The Morgan fingerprint density at radius 2 is 1.75 bits per heavy atom. The monoisotopic (exact) mass is 287 g/mol. The molecule has 2 aromatic carbocycles. The average molecular weight is 288 g/mol. The van der Waals surface area contributed by atoms with Gasteiger partial charge in [-0.15, -0.1) is 5.10 Å². The minimum absolute atomic E-state index is 0.192. The van der Waals surface area contributed by atoms with Gasteiger partial charge in [-0.05, 0) is 36.4 Å². The second-order valence-electron chi connectivity index (χ2n) is 4.06. The molecule has 3 aromatic rings. The Labute approximate surface area is 119 Å². The molecule has 0 radical (unpaired) electrons. The van der Waals surface area contributed by atoms with Gasteiger partial charge in [0.25, 0.3) is 5.89 Å². The first kappa shape index (κ1) is 12.5. The molecular weight excluding hydrogens is 278 g/mol. The number of aromatic nitrogens is 2. The van der Waals surface area contributed by atoms with E-state index in [0.717, 1.165) is 5.69 Å². The first-order valence-electron chi connectivity index (χ1n) is 5.87. The fraction of sp³-hybridized carbons (Fsp3) is 0. The molecule has 2 N–H and O–H groups in total. The summed E-state index contributed by atoms with van der Waals surface area (Å²) in [6.45, 7) is 0. The van der Waals surface area contributed by atoms with Gasteiger partial charge in [0.1, 0.15) is 5.75 Å². The number of nitrogens with one attached hydrogen (secondary N) is 1. The second-order valence-corrected chi connectivity index (χ2v) is 4.47. The molecule has 0 saturated heterocycles. The minimum Gasteiger partial charge on any atom is -0.508 e. The summed E-state index contributed by atoms with van der Waals surface area (Å²) in [7, 11) is 0. The molecule has 6 heteroatoms. The van der Waals surface area contributed by atoms with Gasteiger partial charge in [-0.1, -0.05) is 28.8 Å². The zero-order valence-corrected chi connectivity index (χ0v) is 11.0. The summed E-state index contributed by atoms with van der Waals surface area (Å²) in [5, 5.41) is 20.6. The number of phenolic OH excluding ortho intramolecular Hbond substituents is 1. The van der Waals surface area contributed by atoms with Crippen LogP contribution in [0.3, 0.4) is 0 Å². The Morgan fingerprint density at radius 1 is 1.00 bits per heavy atom. The standard InChI is InChI=1S/C14H10ClN3O2/c15-12-4-2-1-3-11(12)13-17-18-14(20-13)16-9-5-7-10(19)8-6-9/h1-8,19H,(H,16,18). The number of anilines is 2. The van der Waals surface area contributed by atoms with Crippen LogP contribution in [0.2, 0.25) is 5.02 Å². The maximum atomic E-state index is 9.21. The fourth-order valence-electron chi connectivity index (χ4n) is 1.69. The van der Waals surface area contributed by atoms with Crippen LogP contribution in [0.4, 0.5) is 11.7 Å². The highest BCUT2D eigenvalue weighted by molar-refractivity contribution is 6.33. The van der Waals surface area contributed by atoms with Crippen LogP contribution >= 0.6 is 11.6 Å². The Morgan fingerprint density at radius 3 is 2.50 bits per heavy atom. The van der Waals surface area contributed by atoms with E-state index in [-0.39, 0.29) is 11.8 Å². The summed E-state index contributed by atoms with van der Waals surface area (Å²) in [5.74, 6) is 0.537. The summed E-state index contributed by atoms with van der Waals surface area (Å²) in [6.07, 6.45) is 0. The summed E-state index contributed by atoms with van der Waals surface area (Å²) < 4.78 is 5.50. The zero-order chi connectivity index (χ0) is 13.9. The number of benzene rings is 2. The van der Waals surface area contributed by atoms with Crippen LogP contribution in [0.25, 0.3) is 11.5 Å². The van der Waals surface area contributed by atoms with Gasteiger partial charge < -0.3 is 14.8 Å². The van der Waals surface area contributed by atoms with Crippen LogP contribution in [0.15, 0.2) is 52.9 Å². The van der Waals surface area contributed by atoms with E-state index in [9.17, 15) is 5.11 Å². The lowest BCUT2D eigenvalue weighted by Gasteiger charge is -2.00. The van der Waals surface area contributed by atoms with Gasteiger partial charge in [0.15, 0.2) is 0 Å². The first-order chi connectivity index (χ1) is 9.72. The minimum atomic E-state index is 0.192. The molecule has 0 unspecified atom stereocenters. The Kier molecular flexibility index (Phi) is 3.26. The van der Waals surface area contributed by atoms with Crippen molar-refractivity contribution in [1.82, 2.24) is 10.2 Å². The molecule has 1 heterocycles. The molecule has 0 bridgehead atoms. The first-order valence-corrected chi connectivity index (χ1v) is 6.24. The molecule has 1 aromatic heterocycles. The van der Waals surface area contributed by atoms with E-state index >= 15 is 0 Å². The summed E-state index contributed by atoms with van der Waals surface area (Å²) in [4.78, 5) is 0. The molecule has 5 nitrogen and oxygen atoms in total. The highest BCUT2D eigenvalue weighted by Crippen LogP contribution is 2.28. The van der Waals surface area contributed by atoms with E-state index in [1.807, 2.05) is 12.1 Å². The number of phenols is 1. The highest BCUT2D eigenvalue weighted by atomic mass is 35.5. The van der Waals surface area contributed by atoms with Gasteiger partial charge >= 0.3 is 6.01 Å².